The van der Waals surface area contributed by atoms with Gasteiger partial charge < -0.3 is 33.2 Å². The van der Waals surface area contributed by atoms with Crippen molar-refractivity contribution in [2.75, 3.05) is 13.2 Å². The highest BCUT2D eigenvalue weighted by molar-refractivity contribution is 5.17. The average molecular weight is 573 g/mol. The van der Waals surface area contributed by atoms with Crippen LogP contribution in [-0.4, -0.2) is 55.6 Å². The van der Waals surface area contributed by atoms with E-state index >= 15 is 0 Å². The lowest BCUT2D eigenvalue weighted by Gasteiger charge is -2.48. The largest absolute Gasteiger partial charge is 0.487 e. The van der Waals surface area contributed by atoms with Gasteiger partial charge in [-0.3, -0.25) is 0 Å². The van der Waals surface area contributed by atoms with Crippen molar-refractivity contribution in [3.63, 3.8) is 0 Å². The van der Waals surface area contributed by atoms with Gasteiger partial charge in [0.15, 0.2) is 11.9 Å². The number of fused-ring (bicyclic) bond motifs is 1. The first kappa shape index (κ1) is 29.1. The van der Waals surface area contributed by atoms with E-state index in [1.807, 2.05) is 68.4 Å². The van der Waals surface area contributed by atoms with E-state index in [1.165, 1.54) is 0 Å². The van der Waals surface area contributed by atoms with Crippen LogP contribution in [0.3, 0.4) is 0 Å². The minimum atomic E-state index is -0.652. The number of hydrogen-bond acceptors (Lipinski definition) is 7. The van der Waals surface area contributed by atoms with E-state index in [2.05, 4.69) is 42.5 Å². The van der Waals surface area contributed by atoms with Gasteiger partial charge in [-0.2, -0.15) is 0 Å². The van der Waals surface area contributed by atoms with Crippen LogP contribution in [0.2, 0.25) is 0 Å². The maximum atomic E-state index is 6.70. The smallest absolute Gasteiger partial charge is 0.164 e. The van der Waals surface area contributed by atoms with Gasteiger partial charge in [-0.05, 0) is 43.0 Å². The Morgan fingerprint density at radius 2 is 1.31 bits per heavy atom. The predicted octanol–water partition coefficient (Wildman–Crippen LogP) is 5.97. The highest BCUT2D eigenvalue weighted by Crippen LogP contribution is 2.38. The molecule has 0 saturated carbocycles. The van der Waals surface area contributed by atoms with Crippen LogP contribution in [0.1, 0.15) is 37.0 Å². The third-order valence-electron chi connectivity index (χ3n) is 7.84. The molecule has 222 valence electrons. The molecular formula is C35H40O7. The standard InChI is InChI=1S/C35H40O7/c1-35(2)39-24-30(42-35)28-18-19-29-33(41-28)34(38-22-27-16-10-5-11-17-27)32(37-21-26-14-8-4-9-15-26)31(40-29)23-36-20-25-12-6-3-7-13-25/h3-18,29-34H,19-24H2,1-2H3/t29-,30+,31+,32+,33-,34-/m0/s1. The Morgan fingerprint density at radius 3 is 1.88 bits per heavy atom. The van der Waals surface area contributed by atoms with Gasteiger partial charge in [0.05, 0.1) is 33.0 Å². The van der Waals surface area contributed by atoms with E-state index in [0.717, 1.165) is 22.4 Å². The maximum Gasteiger partial charge on any atom is 0.164 e. The van der Waals surface area contributed by atoms with Gasteiger partial charge in [0.25, 0.3) is 0 Å². The van der Waals surface area contributed by atoms with Crippen LogP contribution in [0.4, 0.5) is 0 Å². The Bertz CT molecular complexity index is 1280. The fourth-order valence-corrected chi connectivity index (χ4v) is 5.72. The summed E-state index contributed by atoms with van der Waals surface area (Å²) in [4.78, 5) is 0. The zero-order valence-corrected chi connectivity index (χ0v) is 24.3. The lowest BCUT2D eigenvalue weighted by atomic mass is 9.90. The molecule has 3 aromatic carbocycles. The molecule has 3 aliphatic heterocycles. The summed E-state index contributed by atoms with van der Waals surface area (Å²) >= 11 is 0. The second-order valence-electron chi connectivity index (χ2n) is 11.5. The average Bonchev–Trinajstić information content (AvgIpc) is 3.39. The Morgan fingerprint density at radius 1 is 0.738 bits per heavy atom. The second-order valence-corrected chi connectivity index (χ2v) is 11.5. The van der Waals surface area contributed by atoms with Gasteiger partial charge in [-0.1, -0.05) is 91.0 Å². The Kier molecular flexibility index (Phi) is 9.34. The van der Waals surface area contributed by atoms with Crippen molar-refractivity contribution in [2.45, 2.75) is 82.5 Å². The van der Waals surface area contributed by atoms with Crippen molar-refractivity contribution in [2.24, 2.45) is 0 Å². The minimum absolute atomic E-state index is 0.216. The maximum absolute atomic E-state index is 6.70. The third kappa shape index (κ3) is 7.29. The summed E-state index contributed by atoms with van der Waals surface area (Å²) in [5.74, 6) is 0.111. The Hall–Kier alpha value is -3.04. The van der Waals surface area contributed by atoms with Crippen molar-refractivity contribution in [3.8, 4) is 0 Å². The minimum Gasteiger partial charge on any atom is -0.487 e. The van der Waals surface area contributed by atoms with Crippen molar-refractivity contribution >= 4 is 0 Å². The summed E-state index contributed by atoms with van der Waals surface area (Å²) in [7, 11) is 0. The molecule has 7 nitrogen and oxygen atoms in total. The van der Waals surface area contributed by atoms with Crippen LogP contribution in [0.5, 0.6) is 0 Å². The van der Waals surface area contributed by atoms with Crippen molar-refractivity contribution in [3.05, 3.63) is 120 Å². The lowest BCUT2D eigenvalue weighted by molar-refractivity contribution is -0.269. The fraction of sp³-hybridized carbons (Fsp3) is 0.429. The molecule has 0 aliphatic carbocycles. The molecule has 7 heteroatoms. The van der Waals surface area contributed by atoms with Crippen molar-refractivity contribution in [1.82, 2.24) is 0 Å². The van der Waals surface area contributed by atoms with E-state index in [9.17, 15) is 0 Å². The van der Waals surface area contributed by atoms with E-state index in [1.54, 1.807) is 0 Å². The molecule has 0 spiro atoms. The molecule has 3 aliphatic rings. The molecule has 3 aromatic rings. The second kappa shape index (κ2) is 13.5. The van der Waals surface area contributed by atoms with Gasteiger partial charge in [-0.15, -0.1) is 0 Å². The summed E-state index contributed by atoms with van der Waals surface area (Å²) in [6.45, 7) is 5.98. The molecule has 6 rings (SSSR count). The molecule has 42 heavy (non-hydrogen) atoms. The van der Waals surface area contributed by atoms with Crippen LogP contribution in [0, 0.1) is 0 Å². The van der Waals surface area contributed by atoms with Crippen LogP contribution in [0.15, 0.2) is 103 Å². The summed E-state index contributed by atoms with van der Waals surface area (Å²) in [6.07, 6.45) is 0.692. The monoisotopic (exact) mass is 572 g/mol. The van der Waals surface area contributed by atoms with E-state index < -0.39 is 18.0 Å². The topological polar surface area (TPSA) is 64.6 Å². The third-order valence-corrected chi connectivity index (χ3v) is 7.84. The zero-order valence-electron chi connectivity index (χ0n) is 24.3. The Balaban J connectivity index is 1.24. The number of ether oxygens (including phenoxy) is 7. The molecule has 3 heterocycles. The molecule has 0 radical (unpaired) electrons. The molecule has 0 amide bonds. The predicted molar refractivity (Wildman–Crippen MR) is 157 cm³/mol. The quantitative estimate of drug-likeness (QED) is 0.281. The highest BCUT2D eigenvalue weighted by Gasteiger charge is 2.51. The number of rotatable bonds is 11. The van der Waals surface area contributed by atoms with Gasteiger partial charge in [-0.25, -0.2) is 0 Å². The first-order valence-electron chi connectivity index (χ1n) is 14.8. The summed E-state index contributed by atoms with van der Waals surface area (Å²) in [5, 5.41) is 0. The van der Waals surface area contributed by atoms with Gasteiger partial charge >= 0.3 is 0 Å². The van der Waals surface area contributed by atoms with Gasteiger partial charge in [0.1, 0.15) is 36.3 Å². The molecule has 0 bridgehead atoms. The molecular weight excluding hydrogens is 532 g/mol. The fourth-order valence-electron chi connectivity index (χ4n) is 5.72. The zero-order chi connectivity index (χ0) is 28.8. The van der Waals surface area contributed by atoms with E-state index in [0.29, 0.717) is 39.5 Å². The van der Waals surface area contributed by atoms with Crippen LogP contribution in [-0.2, 0) is 53.0 Å². The normalized spacial score (nSPS) is 28.5. The first-order chi connectivity index (χ1) is 20.5. The Labute approximate surface area is 248 Å². The highest BCUT2D eigenvalue weighted by atomic mass is 16.8. The summed E-state index contributed by atoms with van der Waals surface area (Å²) in [6, 6.07) is 30.5. The molecule has 2 fully saturated rings. The van der Waals surface area contributed by atoms with Crippen molar-refractivity contribution < 1.29 is 33.2 Å². The number of hydrogen-bond donors (Lipinski definition) is 0. The van der Waals surface area contributed by atoms with Crippen LogP contribution >= 0.6 is 0 Å². The van der Waals surface area contributed by atoms with E-state index in [4.69, 9.17) is 33.2 Å². The molecule has 0 aromatic heterocycles. The molecule has 2 saturated heterocycles. The lowest BCUT2D eigenvalue weighted by Crippen LogP contribution is -2.62. The van der Waals surface area contributed by atoms with Crippen molar-refractivity contribution in [1.29, 1.82) is 0 Å². The van der Waals surface area contributed by atoms with Gasteiger partial charge in [0.2, 0.25) is 0 Å². The molecule has 0 unspecified atom stereocenters. The summed E-state index contributed by atoms with van der Waals surface area (Å²) < 4.78 is 44.9. The van der Waals surface area contributed by atoms with Crippen LogP contribution in [0.25, 0.3) is 0 Å². The SMILES string of the molecule is CC1(C)OC[C@H](C2=CC[C@@H]3O[C@H](COCc4ccccc4)[C@@H](OCc4ccccc4)[C@H](OCc4ccccc4)[C@H]3O2)O1. The number of benzene rings is 3. The van der Waals surface area contributed by atoms with Crippen LogP contribution < -0.4 is 0 Å². The summed E-state index contributed by atoms with van der Waals surface area (Å²) in [5.41, 5.74) is 3.27. The van der Waals surface area contributed by atoms with Gasteiger partial charge in [0, 0.05) is 0 Å². The molecule has 6 atom stereocenters. The van der Waals surface area contributed by atoms with E-state index in [-0.39, 0.29) is 24.4 Å². The first-order valence-corrected chi connectivity index (χ1v) is 14.8. The molecule has 0 N–H and O–H groups in total.